The average Bonchev–Trinajstić information content (AvgIpc) is 3.64. The quantitative estimate of drug-likeness (QED) is 0.259. The van der Waals surface area contributed by atoms with Crippen molar-refractivity contribution < 1.29 is 49.2 Å². The standard InChI is InChI=1S/2C14H18N2O.2C2H2O4/c2*1-11-9-16(10-12-5-3-2-4-6-12)14(11)7-8-15-13(14)17;2*3-1(4)2(5)6/h2*2-6,11H,7-10H2,1H3,(H,15,17);2*(H,3,4)(H,5,6)/t2*11-,14+;;/m00../s1. The molecular weight excluding hydrogens is 600 g/mol. The number of carboxylic acid groups (broad SMARTS) is 4. The van der Waals surface area contributed by atoms with Gasteiger partial charge in [0.05, 0.1) is 0 Å². The molecule has 46 heavy (non-hydrogen) atoms. The van der Waals surface area contributed by atoms with Crippen molar-refractivity contribution in [2.45, 2.75) is 50.9 Å². The summed E-state index contributed by atoms with van der Waals surface area (Å²) in [5.74, 6) is -5.88. The van der Waals surface area contributed by atoms with Crippen molar-refractivity contribution in [2.24, 2.45) is 11.8 Å². The first-order valence-electron chi connectivity index (χ1n) is 14.8. The van der Waals surface area contributed by atoms with E-state index in [0.717, 1.165) is 52.1 Å². The fourth-order valence-electron chi connectivity index (χ4n) is 6.52. The third-order valence-corrected chi connectivity index (χ3v) is 8.92. The highest BCUT2D eigenvalue weighted by Crippen LogP contribution is 2.43. The zero-order chi connectivity index (χ0) is 34.1. The van der Waals surface area contributed by atoms with Gasteiger partial charge in [0.15, 0.2) is 0 Å². The van der Waals surface area contributed by atoms with E-state index in [2.05, 4.69) is 82.8 Å². The van der Waals surface area contributed by atoms with Gasteiger partial charge in [0.2, 0.25) is 11.8 Å². The van der Waals surface area contributed by atoms with Crippen LogP contribution in [-0.2, 0) is 41.9 Å². The summed E-state index contributed by atoms with van der Waals surface area (Å²) in [7, 11) is 0. The fraction of sp³-hybridized carbons (Fsp3) is 0.438. The normalized spacial score (nSPS) is 26.0. The molecule has 0 aromatic heterocycles. The number of likely N-dealkylation sites (tertiary alicyclic amines) is 2. The zero-order valence-electron chi connectivity index (χ0n) is 25.7. The van der Waals surface area contributed by atoms with Crippen LogP contribution < -0.4 is 10.6 Å². The van der Waals surface area contributed by atoms with Crippen molar-refractivity contribution in [1.82, 2.24) is 20.4 Å². The third kappa shape index (κ3) is 7.87. The average molecular weight is 641 g/mol. The Morgan fingerprint density at radius 3 is 1.15 bits per heavy atom. The second kappa shape index (κ2) is 15.5. The van der Waals surface area contributed by atoms with Crippen LogP contribution in [0.1, 0.15) is 37.8 Å². The van der Waals surface area contributed by atoms with E-state index in [1.807, 2.05) is 12.1 Å². The van der Waals surface area contributed by atoms with Crippen LogP contribution in [0, 0.1) is 11.8 Å². The lowest BCUT2D eigenvalue weighted by atomic mass is 9.73. The molecule has 2 aromatic rings. The van der Waals surface area contributed by atoms with Crippen LogP contribution in [0.25, 0.3) is 0 Å². The number of benzene rings is 2. The fourth-order valence-corrected chi connectivity index (χ4v) is 6.52. The predicted molar refractivity (Wildman–Crippen MR) is 163 cm³/mol. The van der Waals surface area contributed by atoms with Gasteiger partial charge in [0.25, 0.3) is 0 Å². The molecule has 6 N–H and O–H groups in total. The molecule has 4 aliphatic rings. The highest BCUT2D eigenvalue weighted by Gasteiger charge is 2.59. The molecule has 0 unspecified atom stereocenters. The first-order chi connectivity index (χ1) is 21.7. The molecular formula is C32H40N4O10. The van der Waals surface area contributed by atoms with Crippen LogP contribution in [0.3, 0.4) is 0 Å². The molecule has 2 spiro atoms. The third-order valence-electron chi connectivity index (χ3n) is 8.92. The van der Waals surface area contributed by atoms with Gasteiger partial charge < -0.3 is 31.1 Å². The van der Waals surface area contributed by atoms with Crippen molar-refractivity contribution in [3.05, 3.63) is 71.8 Å². The van der Waals surface area contributed by atoms with Gasteiger partial charge in [-0.15, -0.1) is 0 Å². The minimum Gasteiger partial charge on any atom is -0.473 e. The van der Waals surface area contributed by atoms with E-state index in [-0.39, 0.29) is 22.9 Å². The smallest absolute Gasteiger partial charge is 0.414 e. The van der Waals surface area contributed by atoms with Crippen molar-refractivity contribution in [1.29, 1.82) is 0 Å². The summed E-state index contributed by atoms with van der Waals surface area (Å²) < 4.78 is 0. The lowest BCUT2D eigenvalue weighted by Crippen LogP contribution is -2.69. The maximum absolute atomic E-state index is 12.0. The van der Waals surface area contributed by atoms with Crippen molar-refractivity contribution in [3.8, 4) is 0 Å². The largest absolute Gasteiger partial charge is 0.473 e. The molecule has 4 saturated heterocycles. The van der Waals surface area contributed by atoms with Crippen LogP contribution in [-0.4, -0.2) is 103 Å². The summed E-state index contributed by atoms with van der Waals surface area (Å²) in [4.78, 5) is 65.1. The van der Waals surface area contributed by atoms with Gasteiger partial charge in [-0.3, -0.25) is 19.4 Å². The van der Waals surface area contributed by atoms with Gasteiger partial charge in [-0.25, -0.2) is 19.2 Å². The second-order valence-electron chi connectivity index (χ2n) is 11.6. The van der Waals surface area contributed by atoms with Gasteiger partial charge in [-0.1, -0.05) is 74.5 Å². The number of hydrogen-bond donors (Lipinski definition) is 6. The maximum Gasteiger partial charge on any atom is 0.414 e. The van der Waals surface area contributed by atoms with Gasteiger partial charge in [0.1, 0.15) is 11.1 Å². The number of carboxylic acids is 4. The highest BCUT2D eigenvalue weighted by atomic mass is 16.4. The number of hydrogen-bond acceptors (Lipinski definition) is 8. The number of amides is 2. The summed E-state index contributed by atoms with van der Waals surface area (Å²) in [6.07, 6.45) is 1.92. The molecule has 4 aliphatic heterocycles. The van der Waals surface area contributed by atoms with Gasteiger partial charge in [-0.2, -0.15) is 0 Å². The first-order valence-corrected chi connectivity index (χ1v) is 14.8. The van der Waals surface area contributed by atoms with E-state index >= 15 is 0 Å². The van der Waals surface area contributed by atoms with Crippen molar-refractivity contribution in [2.75, 3.05) is 26.2 Å². The first kappa shape index (κ1) is 35.7. The van der Waals surface area contributed by atoms with Crippen LogP contribution >= 0.6 is 0 Å². The summed E-state index contributed by atoms with van der Waals surface area (Å²) in [6.45, 7) is 9.86. The molecule has 0 aliphatic carbocycles. The Bertz CT molecular complexity index is 1290. The van der Waals surface area contributed by atoms with E-state index in [1.54, 1.807) is 0 Å². The van der Waals surface area contributed by atoms with E-state index in [9.17, 15) is 9.59 Å². The number of rotatable bonds is 4. The second-order valence-corrected chi connectivity index (χ2v) is 11.6. The Kier molecular flexibility index (Phi) is 12.0. The molecule has 6 rings (SSSR count). The van der Waals surface area contributed by atoms with Gasteiger partial charge in [0, 0.05) is 39.3 Å². The predicted octanol–water partition coefficient (Wildman–Crippen LogP) is 1.11. The minimum atomic E-state index is -1.82. The molecule has 248 valence electrons. The lowest BCUT2D eigenvalue weighted by Gasteiger charge is -2.54. The number of carbonyl (C=O) groups excluding carboxylic acids is 2. The van der Waals surface area contributed by atoms with E-state index in [0.29, 0.717) is 11.8 Å². The molecule has 14 heteroatoms. The van der Waals surface area contributed by atoms with Crippen molar-refractivity contribution >= 4 is 35.7 Å². The number of carbonyl (C=O) groups is 6. The van der Waals surface area contributed by atoms with E-state index in [1.165, 1.54) is 11.1 Å². The van der Waals surface area contributed by atoms with Crippen LogP contribution in [0.4, 0.5) is 0 Å². The van der Waals surface area contributed by atoms with Crippen LogP contribution in [0.5, 0.6) is 0 Å². The maximum atomic E-state index is 12.0. The number of nitrogens with zero attached hydrogens (tertiary/aromatic N) is 2. The minimum absolute atomic E-state index is 0.212. The topological polar surface area (TPSA) is 214 Å². The zero-order valence-corrected chi connectivity index (χ0v) is 25.7. The molecule has 4 heterocycles. The molecule has 0 bridgehead atoms. The summed E-state index contributed by atoms with van der Waals surface area (Å²) >= 11 is 0. The summed E-state index contributed by atoms with van der Waals surface area (Å²) in [5, 5.41) is 35.5. The summed E-state index contributed by atoms with van der Waals surface area (Å²) in [5.41, 5.74) is 2.16. The monoisotopic (exact) mass is 640 g/mol. The van der Waals surface area contributed by atoms with Crippen molar-refractivity contribution in [3.63, 3.8) is 0 Å². The number of aliphatic carboxylic acids is 4. The van der Waals surface area contributed by atoms with E-state index < -0.39 is 23.9 Å². The molecule has 14 nitrogen and oxygen atoms in total. The van der Waals surface area contributed by atoms with Gasteiger partial charge in [-0.05, 0) is 35.8 Å². The van der Waals surface area contributed by atoms with Crippen LogP contribution in [0.2, 0.25) is 0 Å². The van der Waals surface area contributed by atoms with Crippen LogP contribution in [0.15, 0.2) is 60.7 Å². The Hall–Kier alpha value is -4.82. The Balaban J connectivity index is 0.000000187. The Morgan fingerprint density at radius 1 is 0.630 bits per heavy atom. The molecule has 4 fully saturated rings. The molecule has 2 aromatic carbocycles. The number of nitrogens with one attached hydrogen (secondary N) is 2. The van der Waals surface area contributed by atoms with Gasteiger partial charge >= 0.3 is 23.9 Å². The summed E-state index contributed by atoms with van der Waals surface area (Å²) in [6, 6.07) is 20.8. The highest BCUT2D eigenvalue weighted by molar-refractivity contribution is 6.27. The molecule has 0 saturated carbocycles. The molecule has 4 atom stereocenters. The SMILES string of the molecule is C[C@H]1CN(Cc2ccccc2)[C@]12CCNC2=O.C[C@H]1CN(Cc2ccccc2)[C@]12CCNC2=O.O=C(O)C(=O)O.O=C(O)C(=O)O. The Labute approximate surface area is 266 Å². The Morgan fingerprint density at radius 2 is 0.935 bits per heavy atom. The molecule has 2 amide bonds. The van der Waals surface area contributed by atoms with E-state index in [4.69, 9.17) is 39.6 Å². The lowest BCUT2D eigenvalue weighted by molar-refractivity contribution is -0.159. The molecule has 0 radical (unpaired) electrons.